The van der Waals surface area contributed by atoms with Crippen LogP contribution in [0.25, 0.3) is 0 Å². The highest BCUT2D eigenvalue weighted by atomic mass is 16.5. The van der Waals surface area contributed by atoms with Gasteiger partial charge in [-0.1, -0.05) is 24.3 Å². The molecule has 5 nitrogen and oxygen atoms in total. The topological polar surface area (TPSA) is 63.2 Å². The molecule has 0 bridgehead atoms. The number of nitrogens with one attached hydrogen (secondary N) is 2. The van der Waals surface area contributed by atoms with Gasteiger partial charge in [0.25, 0.3) is 5.91 Å². The molecule has 5 heteroatoms. The number of benzene rings is 2. The summed E-state index contributed by atoms with van der Waals surface area (Å²) >= 11 is 0. The third-order valence-electron chi connectivity index (χ3n) is 4.50. The van der Waals surface area contributed by atoms with Crippen molar-refractivity contribution in [2.45, 2.75) is 20.4 Å². The van der Waals surface area contributed by atoms with Gasteiger partial charge in [-0.3, -0.25) is 9.78 Å². The molecule has 1 amide bonds. The lowest BCUT2D eigenvalue weighted by molar-refractivity contribution is 0.102. The first-order chi connectivity index (χ1) is 13.1. The maximum Gasteiger partial charge on any atom is 0.274 e. The SMILES string of the molecule is COc1ccc(CNc2ccnc(C(=O)Nc3cccc(C)c3C)c2)cc1. The molecular formula is C22H23N3O2. The van der Waals surface area contributed by atoms with Gasteiger partial charge >= 0.3 is 0 Å². The molecule has 2 aromatic carbocycles. The molecule has 0 atom stereocenters. The van der Waals surface area contributed by atoms with Crippen molar-refractivity contribution in [1.82, 2.24) is 4.98 Å². The molecule has 0 spiro atoms. The molecule has 0 radical (unpaired) electrons. The lowest BCUT2D eigenvalue weighted by Crippen LogP contribution is -2.15. The number of nitrogens with zero attached hydrogens (tertiary/aromatic N) is 1. The van der Waals surface area contributed by atoms with Gasteiger partial charge in [0.2, 0.25) is 0 Å². The maximum absolute atomic E-state index is 12.6. The zero-order valence-electron chi connectivity index (χ0n) is 15.7. The number of carbonyl (C=O) groups excluding carboxylic acids is 1. The predicted molar refractivity (Wildman–Crippen MR) is 108 cm³/mol. The van der Waals surface area contributed by atoms with E-state index in [2.05, 4.69) is 15.6 Å². The fraction of sp³-hybridized carbons (Fsp3) is 0.182. The van der Waals surface area contributed by atoms with Gasteiger partial charge in [0.15, 0.2) is 0 Å². The van der Waals surface area contributed by atoms with E-state index in [4.69, 9.17) is 4.74 Å². The average molecular weight is 361 g/mol. The van der Waals surface area contributed by atoms with Crippen molar-refractivity contribution in [3.05, 3.63) is 83.2 Å². The summed E-state index contributed by atoms with van der Waals surface area (Å²) in [4.78, 5) is 16.8. The van der Waals surface area contributed by atoms with Gasteiger partial charge in [-0.05, 0) is 60.9 Å². The van der Waals surface area contributed by atoms with Crippen molar-refractivity contribution in [2.24, 2.45) is 0 Å². The van der Waals surface area contributed by atoms with Gasteiger partial charge in [0.05, 0.1) is 7.11 Å². The van der Waals surface area contributed by atoms with Crippen LogP contribution in [-0.2, 0) is 6.54 Å². The van der Waals surface area contributed by atoms with E-state index in [0.29, 0.717) is 12.2 Å². The second-order valence-corrected chi connectivity index (χ2v) is 6.33. The van der Waals surface area contributed by atoms with Crippen LogP contribution in [0.5, 0.6) is 5.75 Å². The first kappa shape index (κ1) is 18.5. The number of methoxy groups -OCH3 is 1. The van der Waals surface area contributed by atoms with Crippen molar-refractivity contribution in [2.75, 3.05) is 17.7 Å². The number of rotatable bonds is 6. The number of amides is 1. The second-order valence-electron chi connectivity index (χ2n) is 6.33. The van der Waals surface area contributed by atoms with E-state index in [1.807, 2.05) is 62.4 Å². The Morgan fingerprint density at radius 2 is 1.85 bits per heavy atom. The van der Waals surface area contributed by atoms with Crippen molar-refractivity contribution in [3.63, 3.8) is 0 Å². The molecule has 1 heterocycles. The van der Waals surface area contributed by atoms with E-state index in [1.54, 1.807) is 19.4 Å². The number of carbonyl (C=O) groups is 1. The van der Waals surface area contributed by atoms with Crippen LogP contribution in [0, 0.1) is 13.8 Å². The largest absolute Gasteiger partial charge is 0.497 e. The van der Waals surface area contributed by atoms with Gasteiger partial charge in [0.1, 0.15) is 11.4 Å². The molecule has 0 saturated carbocycles. The Hall–Kier alpha value is -3.34. The van der Waals surface area contributed by atoms with Gasteiger partial charge in [-0.2, -0.15) is 0 Å². The zero-order chi connectivity index (χ0) is 19.2. The summed E-state index contributed by atoms with van der Waals surface area (Å²) in [7, 11) is 1.65. The summed E-state index contributed by atoms with van der Waals surface area (Å²) < 4.78 is 5.17. The second kappa shape index (κ2) is 8.36. The fourth-order valence-corrected chi connectivity index (χ4v) is 2.69. The Morgan fingerprint density at radius 3 is 2.59 bits per heavy atom. The minimum Gasteiger partial charge on any atom is -0.497 e. The van der Waals surface area contributed by atoms with Gasteiger partial charge in [-0.15, -0.1) is 0 Å². The van der Waals surface area contributed by atoms with Crippen molar-refractivity contribution in [1.29, 1.82) is 0 Å². The van der Waals surface area contributed by atoms with Gasteiger partial charge in [-0.25, -0.2) is 0 Å². The number of aromatic nitrogens is 1. The van der Waals surface area contributed by atoms with Crippen LogP contribution >= 0.6 is 0 Å². The van der Waals surface area contributed by atoms with Crippen LogP contribution in [0.1, 0.15) is 27.2 Å². The van der Waals surface area contributed by atoms with Crippen LogP contribution in [0.3, 0.4) is 0 Å². The lowest BCUT2D eigenvalue weighted by Gasteiger charge is -2.11. The normalized spacial score (nSPS) is 10.3. The Bertz CT molecular complexity index is 937. The van der Waals surface area contributed by atoms with E-state index in [0.717, 1.165) is 33.8 Å². The molecule has 27 heavy (non-hydrogen) atoms. The molecule has 3 aromatic rings. The van der Waals surface area contributed by atoms with E-state index in [9.17, 15) is 4.79 Å². The number of hydrogen-bond acceptors (Lipinski definition) is 4. The third-order valence-corrected chi connectivity index (χ3v) is 4.50. The zero-order valence-corrected chi connectivity index (χ0v) is 15.7. The number of pyridine rings is 1. The molecule has 0 aliphatic rings. The number of aryl methyl sites for hydroxylation is 1. The smallest absolute Gasteiger partial charge is 0.274 e. The number of hydrogen-bond donors (Lipinski definition) is 2. The van der Waals surface area contributed by atoms with E-state index in [1.165, 1.54) is 0 Å². The van der Waals surface area contributed by atoms with Crippen LogP contribution in [0.2, 0.25) is 0 Å². The summed E-state index contributed by atoms with van der Waals surface area (Å²) in [5.74, 6) is 0.602. The monoisotopic (exact) mass is 361 g/mol. The van der Waals surface area contributed by atoms with Gasteiger partial charge in [0, 0.05) is 24.1 Å². The number of ether oxygens (including phenoxy) is 1. The molecule has 2 N–H and O–H groups in total. The van der Waals surface area contributed by atoms with Crippen LogP contribution in [0.4, 0.5) is 11.4 Å². The molecule has 0 fully saturated rings. The molecule has 3 rings (SSSR count). The van der Waals surface area contributed by atoms with Crippen LogP contribution in [0.15, 0.2) is 60.8 Å². The summed E-state index contributed by atoms with van der Waals surface area (Å²) in [6.45, 7) is 4.66. The highest BCUT2D eigenvalue weighted by Crippen LogP contribution is 2.19. The third kappa shape index (κ3) is 4.64. The molecule has 0 unspecified atom stereocenters. The van der Waals surface area contributed by atoms with Gasteiger partial charge < -0.3 is 15.4 Å². The summed E-state index contributed by atoms with van der Waals surface area (Å²) in [6, 6.07) is 17.3. The predicted octanol–water partition coefficient (Wildman–Crippen LogP) is 4.57. The Morgan fingerprint density at radius 1 is 1.07 bits per heavy atom. The number of anilines is 2. The lowest BCUT2D eigenvalue weighted by atomic mass is 10.1. The molecular weight excluding hydrogens is 338 g/mol. The molecule has 0 aliphatic carbocycles. The molecule has 0 saturated heterocycles. The minimum atomic E-state index is -0.225. The van der Waals surface area contributed by atoms with Crippen molar-refractivity contribution in [3.8, 4) is 5.75 Å². The van der Waals surface area contributed by atoms with E-state index >= 15 is 0 Å². The van der Waals surface area contributed by atoms with E-state index < -0.39 is 0 Å². The van der Waals surface area contributed by atoms with Crippen LogP contribution in [-0.4, -0.2) is 18.0 Å². The minimum absolute atomic E-state index is 0.225. The first-order valence-corrected chi connectivity index (χ1v) is 8.77. The van der Waals surface area contributed by atoms with Crippen LogP contribution < -0.4 is 15.4 Å². The summed E-state index contributed by atoms with van der Waals surface area (Å²) in [5, 5.41) is 6.26. The van der Waals surface area contributed by atoms with Crippen molar-refractivity contribution >= 4 is 17.3 Å². The highest BCUT2D eigenvalue weighted by Gasteiger charge is 2.10. The Kier molecular flexibility index (Phi) is 5.71. The fourth-order valence-electron chi connectivity index (χ4n) is 2.69. The first-order valence-electron chi connectivity index (χ1n) is 8.77. The standard InChI is InChI=1S/C22H23N3O2/c1-15-5-4-6-20(16(15)2)25-22(26)21-13-18(11-12-23-21)24-14-17-7-9-19(27-3)10-8-17/h4-13H,14H2,1-3H3,(H,23,24)(H,25,26). The van der Waals surface area contributed by atoms with Crippen molar-refractivity contribution < 1.29 is 9.53 Å². The Balaban J connectivity index is 1.67. The average Bonchev–Trinajstić information content (AvgIpc) is 2.70. The molecule has 138 valence electrons. The quantitative estimate of drug-likeness (QED) is 0.675. The maximum atomic E-state index is 12.6. The van der Waals surface area contributed by atoms with E-state index in [-0.39, 0.29) is 5.91 Å². The molecule has 1 aromatic heterocycles. The summed E-state index contributed by atoms with van der Waals surface area (Å²) in [6.07, 6.45) is 1.63. The Labute approximate surface area is 159 Å². The highest BCUT2D eigenvalue weighted by molar-refractivity contribution is 6.03. The summed E-state index contributed by atoms with van der Waals surface area (Å²) in [5.41, 5.74) is 5.32. The molecule has 0 aliphatic heterocycles.